The summed E-state index contributed by atoms with van der Waals surface area (Å²) < 4.78 is 10.6. The first-order valence-electron chi connectivity index (χ1n) is 10.3. The summed E-state index contributed by atoms with van der Waals surface area (Å²) in [6.45, 7) is 2.99. The van der Waals surface area contributed by atoms with E-state index < -0.39 is 12.2 Å². The first kappa shape index (κ1) is 19.6. The summed E-state index contributed by atoms with van der Waals surface area (Å²) in [6.07, 6.45) is -1.08. The molecule has 2 aromatic carbocycles. The number of anilines is 2. The van der Waals surface area contributed by atoms with Crippen molar-refractivity contribution in [1.82, 2.24) is 4.98 Å². The van der Waals surface area contributed by atoms with E-state index in [0.29, 0.717) is 24.3 Å². The van der Waals surface area contributed by atoms with Crippen molar-refractivity contribution in [3.05, 3.63) is 58.9 Å². The van der Waals surface area contributed by atoms with Crippen molar-refractivity contribution in [3.8, 4) is 11.3 Å². The Balaban J connectivity index is 1.53. The number of carbonyl (C=O) groups is 1. The van der Waals surface area contributed by atoms with E-state index in [1.54, 1.807) is 12.1 Å². The molecule has 2 fully saturated rings. The molecule has 3 heterocycles. The van der Waals surface area contributed by atoms with Crippen LogP contribution in [0, 0.1) is 0 Å². The first-order valence-corrected chi connectivity index (χ1v) is 10.3. The largest absolute Gasteiger partial charge is 0.441 e. The molecule has 1 unspecified atom stereocenters. The van der Waals surface area contributed by atoms with Crippen LogP contribution < -0.4 is 15.4 Å². The van der Waals surface area contributed by atoms with E-state index in [2.05, 4.69) is 16.0 Å². The maximum atomic E-state index is 13.0. The Morgan fingerprint density at radius 3 is 2.65 bits per heavy atom. The van der Waals surface area contributed by atoms with Gasteiger partial charge in [-0.25, -0.2) is 4.79 Å². The van der Waals surface area contributed by atoms with Crippen LogP contribution in [0.5, 0.6) is 0 Å². The van der Waals surface area contributed by atoms with E-state index in [0.717, 1.165) is 35.4 Å². The van der Waals surface area contributed by atoms with Gasteiger partial charge in [0.05, 0.1) is 32.1 Å². The first-order chi connectivity index (χ1) is 15.1. The van der Waals surface area contributed by atoms with Gasteiger partial charge in [0.15, 0.2) is 0 Å². The van der Waals surface area contributed by atoms with Crippen molar-refractivity contribution in [2.24, 2.45) is 0 Å². The number of nitrogens with one attached hydrogen (secondary N) is 1. The highest BCUT2D eigenvalue weighted by Gasteiger charge is 2.32. The van der Waals surface area contributed by atoms with Crippen molar-refractivity contribution in [1.29, 1.82) is 0 Å². The van der Waals surface area contributed by atoms with Crippen LogP contribution in [0.4, 0.5) is 16.2 Å². The van der Waals surface area contributed by atoms with Crippen LogP contribution in [0.1, 0.15) is 0 Å². The smallest absolute Gasteiger partial charge is 0.414 e. The molecule has 1 amide bonds. The number of aromatic nitrogens is 1. The molecule has 2 N–H and O–H groups in total. The molecule has 2 aliphatic heterocycles. The lowest BCUT2D eigenvalue weighted by Gasteiger charge is -2.30. The Kier molecular flexibility index (Phi) is 5.09. The normalized spacial score (nSPS) is 19.1. The van der Waals surface area contributed by atoms with Crippen molar-refractivity contribution < 1.29 is 19.4 Å². The van der Waals surface area contributed by atoms with Gasteiger partial charge >= 0.3 is 6.09 Å². The second-order valence-corrected chi connectivity index (χ2v) is 7.70. The number of benzene rings is 2. The summed E-state index contributed by atoms with van der Waals surface area (Å²) in [7, 11) is 0. The van der Waals surface area contributed by atoms with E-state index in [1.165, 1.54) is 4.90 Å². The van der Waals surface area contributed by atoms with Gasteiger partial charge in [0.1, 0.15) is 6.10 Å². The zero-order valence-corrected chi connectivity index (χ0v) is 16.9. The fourth-order valence-corrected chi connectivity index (χ4v) is 4.17. The van der Waals surface area contributed by atoms with E-state index >= 15 is 0 Å². The van der Waals surface area contributed by atoms with Crippen LogP contribution in [0.25, 0.3) is 22.0 Å². The van der Waals surface area contributed by atoms with Gasteiger partial charge in [-0.3, -0.25) is 9.69 Å². The van der Waals surface area contributed by atoms with Crippen molar-refractivity contribution in [2.75, 3.05) is 49.3 Å². The molecule has 8 nitrogen and oxygen atoms in total. The number of pyridine rings is 1. The maximum absolute atomic E-state index is 13.0. The average molecular weight is 421 g/mol. The minimum atomic E-state index is -0.555. The van der Waals surface area contributed by atoms with Gasteiger partial charge in [-0.05, 0) is 29.7 Å². The molecule has 0 spiro atoms. The average Bonchev–Trinajstić information content (AvgIpc) is 3.20. The number of aliphatic hydroxyl groups excluding tert-OH is 1. The topological polar surface area (TPSA) is 95.1 Å². The number of fused-ring (bicyclic) bond motifs is 1. The van der Waals surface area contributed by atoms with Gasteiger partial charge in [-0.2, -0.15) is 0 Å². The Labute approximate surface area is 178 Å². The number of ether oxygens (including phenoxy) is 2. The standard InChI is InChI=1S/C23H23N3O5/c27-14-17-13-26(23(29)31-17)16-6-5-15-11-20(24-22(28)19(15)12-16)18-3-1-2-4-21(18)25-7-9-30-10-8-25/h1-6,11-12,17,27H,7-10,13-14H2,(H,24,28). The maximum Gasteiger partial charge on any atom is 0.414 e. The highest BCUT2D eigenvalue weighted by molar-refractivity contribution is 5.95. The van der Waals surface area contributed by atoms with Crippen molar-refractivity contribution >= 4 is 28.2 Å². The molecule has 8 heteroatoms. The van der Waals surface area contributed by atoms with Gasteiger partial charge in [0.2, 0.25) is 0 Å². The van der Waals surface area contributed by atoms with Gasteiger partial charge in [-0.1, -0.05) is 24.3 Å². The minimum absolute atomic E-state index is 0.225. The lowest BCUT2D eigenvalue weighted by Crippen LogP contribution is -2.36. The number of morpholine rings is 1. The third kappa shape index (κ3) is 3.64. The van der Waals surface area contributed by atoms with Crippen LogP contribution in [0.15, 0.2) is 53.3 Å². The van der Waals surface area contributed by atoms with E-state index in [1.807, 2.05) is 30.3 Å². The Morgan fingerprint density at radius 1 is 1.06 bits per heavy atom. The lowest BCUT2D eigenvalue weighted by atomic mass is 10.0. The highest BCUT2D eigenvalue weighted by Crippen LogP contribution is 2.32. The summed E-state index contributed by atoms with van der Waals surface area (Å²) in [6, 6.07) is 15.3. The number of cyclic esters (lactones) is 1. The number of para-hydroxylation sites is 1. The molecule has 2 saturated heterocycles. The van der Waals surface area contributed by atoms with Crippen molar-refractivity contribution in [3.63, 3.8) is 0 Å². The summed E-state index contributed by atoms with van der Waals surface area (Å²) in [5.41, 5.74) is 3.11. The summed E-state index contributed by atoms with van der Waals surface area (Å²) in [4.78, 5) is 31.8. The molecule has 31 heavy (non-hydrogen) atoms. The third-order valence-corrected chi connectivity index (χ3v) is 5.76. The molecular weight excluding hydrogens is 398 g/mol. The van der Waals surface area contributed by atoms with Gasteiger partial charge in [0.25, 0.3) is 5.56 Å². The second kappa shape index (κ2) is 8.05. The number of H-pyrrole nitrogens is 1. The number of hydrogen-bond donors (Lipinski definition) is 2. The SMILES string of the molecule is O=C1OC(CO)CN1c1ccc2cc(-c3ccccc3N3CCOCC3)[nH]c(=O)c2c1. The summed E-state index contributed by atoms with van der Waals surface area (Å²) in [5, 5.41) is 10.5. The molecule has 5 rings (SSSR count). The Hall–Kier alpha value is -3.36. The number of hydrogen-bond acceptors (Lipinski definition) is 6. The molecule has 0 saturated carbocycles. The predicted molar refractivity (Wildman–Crippen MR) is 118 cm³/mol. The predicted octanol–water partition coefficient (Wildman–Crippen LogP) is 2.35. The molecule has 0 radical (unpaired) electrons. The fourth-order valence-electron chi connectivity index (χ4n) is 4.17. The molecule has 3 aromatic rings. The van der Waals surface area contributed by atoms with Crippen LogP contribution in [-0.2, 0) is 9.47 Å². The van der Waals surface area contributed by atoms with Crippen LogP contribution in [-0.4, -0.2) is 61.7 Å². The van der Waals surface area contributed by atoms with Crippen LogP contribution in [0.2, 0.25) is 0 Å². The zero-order chi connectivity index (χ0) is 21.4. The number of rotatable bonds is 4. The zero-order valence-electron chi connectivity index (χ0n) is 16.9. The number of aromatic amines is 1. The van der Waals surface area contributed by atoms with E-state index in [-0.39, 0.29) is 18.7 Å². The Bertz CT molecular complexity index is 1190. The molecular formula is C23H23N3O5. The summed E-state index contributed by atoms with van der Waals surface area (Å²) >= 11 is 0. The number of amides is 1. The number of carbonyl (C=O) groups excluding carboxylic acids is 1. The second-order valence-electron chi connectivity index (χ2n) is 7.70. The molecule has 160 valence electrons. The van der Waals surface area contributed by atoms with E-state index in [9.17, 15) is 14.7 Å². The van der Waals surface area contributed by atoms with Crippen LogP contribution >= 0.6 is 0 Å². The highest BCUT2D eigenvalue weighted by atomic mass is 16.6. The number of aliphatic hydroxyl groups is 1. The van der Waals surface area contributed by atoms with Crippen molar-refractivity contribution in [2.45, 2.75) is 6.10 Å². The Morgan fingerprint density at radius 2 is 1.87 bits per heavy atom. The molecule has 2 aliphatic rings. The molecule has 0 bridgehead atoms. The monoisotopic (exact) mass is 421 g/mol. The van der Waals surface area contributed by atoms with Gasteiger partial charge < -0.3 is 24.5 Å². The minimum Gasteiger partial charge on any atom is -0.441 e. The third-order valence-electron chi connectivity index (χ3n) is 5.76. The lowest BCUT2D eigenvalue weighted by molar-refractivity contribution is 0.0963. The number of nitrogens with zero attached hydrogens (tertiary/aromatic N) is 2. The van der Waals surface area contributed by atoms with Gasteiger partial charge in [0, 0.05) is 35.4 Å². The molecule has 1 aromatic heterocycles. The molecule has 1 atom stereocenters. The fraction of sp³-hybridized carbons (Fsp3) is 0.304. The van der Waals surface area contributed by atoms with Crippen LogP contribution in [0.3, 0.4) is 0 Å². The quantitative estimate of drug-likeness (QED) is 0.672. The van der Waals surface area contributed by atoms with E-state index in [4.69, 9.17) is 9.47 Å². The summed E-state index contributed by atoms with van der Waals surface area (Å²) in [5.74, 6) is 0. The molecule has 0 aliphatic carbocycles. The van der Waals surface area contributed by atoms with Gasteiger partial charge in [-0.15, -0.1) is 0 Å².